The molecule has 0 bridgehead atoms. The molecular weight excluding hydrogens is 270 g/mol. The maximum Gasteiger partial charge on any atom is 0.137 e. The van der Waals surface area contributed by atoms with Crippen LogP contribution in [0.1, 0.15) is 29.9 Å². The molecule has 96 valence electrons. The SMILES string of the molecule is CCCOc1cncc(C(O)c2ccc(Cl)s2)c1. The van der Waals surface area contributed by atoms with Crippen molar-refractivity contribution in [1.29, 1.82) is 0 Å². The van der Waals surface area contributed by atoms with Gasteiger partial charge in [-0.2, -0.15) is 0 Å². The maximum atomic E-state index is 10.2. The highest BCUT2D eigenvalue weighted by Gasteiger charge is 2.14. The highest BCUT2D eigenvalue weighted by molar-refractivity contribution is 7.16. The zero-order valence-corrected chi connectivity index (χ0v) is 11.5. The number of aliphatic hydroxyl groups excluding tert-OH is 1. The van der Waals surface area contributed by atoms with Gasteiger partial charge in [0.2, 0.25) is 0 Å². The van der Waals surface area contributed by atoms with E-state index in [4.69, 9.17) is 16.3 Å². The number of rotatable bonds is 5. The second kappa shape index (κ2) is 6.18. The zero-order valence-electron chi connectivity index (χ0n) is 9.97. The Morgan fingerprint density at radius 2 is 2.28 bits per heavy atom. The second-order valence-corrected chi connectivity index (χ2v) is 5.59. The van der Waals surface area contributed by atoms with Gasteiger partial charge < -0.3 is 9.84 Å². The van der Waals surface area contributed by atoms with E-state index in [0.29, 0.717) is 22.3 Å². The number of hydrogen-bond acceptors (Lipinski definition) is 4. The molecule has 0 saturated heterocycles. The van der Waals surface area contributed by atoms with Crippen LogP contribution in [-0.2, 0) is 0 Å². The molecule has 0 fully saturated rings. The van der Waals surface area contributed by atoms with Crippen molar-refractivity contribution in [1.82, 2.24) is 4.98 Å². The van der Waals surface area contributed by atoms with Crippen LogP contribution in [0.2, 0.25) is 4.34 Å². The fourth-order valence-electron chi connectivity index (χ4n) is 1.52. The number of halogens is 1. The number of aromatic nitrogens is 1. The number of hydrogen-bond donors (Lipinski definition) is 1. The lowest BCUT2D eigenvalue weighted by Crippen LogP contribution is -2.00. The number of aliphatic hydroxyl groups is 1. The van der Waals surface area contributed by atoms with Crippen LogP contribution in [-0.4, -0.2) is 16.7 Å². The lowest BCUT2D eigenvalue weighted by molar-refractivity contribution is 0.222. The summed E-state index contributed by atoms with van der Waals surface area (Å²) in [6, 6.07) is 5.40. The molecule has 0 aliphatic rings. The van der Waals surface area contributed by atoms with Gasteiger partial charge in [-0.05, 0) is 24.6 Å². The van der Waals surface area contributed by atoms with Crippen molar-refractivity contribution in [2.75, 3.05) is 6.61 Å². The molecule has 1 N–H and O–H groups in total. The van der Waals surface area contributed by atoms with Crippen molar-refractivity contribution in [3.8, 4) is 5.75 Å². The molecule has 18 heavy (non-hydrogen) atoms. The van der Waals surface area contributed by atoms with E-state index in [1.54, 1.807) is 24.5 Å². The normalized spacial score (nSPS) is 12.4. The van der Waals surface area contributed by atoms with E-state index >= 15 is 0 Å². The topological polar surface area (TPSA) is 42.4 Å². The Balaban J connectivity index is 2.17. The number of pyridine rings is 1. The van der Waals surface area contributed by atoms with Gasteiger partial charge in [0, 0.05) is 16.6 Å². The van der Waals surface area contributed by atoms with Gasteiger partial charge in [-0.3, -0.25) is 4.98 Å². The molecule has 0 saturated carbocycles. The van der Waals surface area contributed by atoms with E-state index in [1.165, 1.54) is 11.3 Å². The van der Waals surface area contributed by atoms with Crippen LogP contribution in [0.5, 0.6) is 5.75 Å². The van der Waals surface area contributed by atoms with Crippen molar-refractivity contribution in [3.63, 3.8) is 0 Å². The molecule has 2 aromatic rings. The lowest BCUT2D eigenvalue weighted by atomic mass is 10.1. The third kappa shape index (κ3) is 3.22. The van der Waals surface area contributed by atoms with Gasteiger partial charge in [-0.1, -0.05) is 18.5 Å². The number of thiophene rings is 1. The zero-order chi connectivity index (χ0) is 13.0. The summed E-state index contributed by atoms with van der Waals surface area (Å²) < 4.78 is 6.15. The molecule has 0 aliphatic carbocycles. The number of ether oxygens (including phenoxy) is 1. The number of nitrogens with zero attached hydrogens (tertiary/aromatic N) is 1. The Labute approximate surface area is 115 Å². The van der Waals surface area contributed by atoms with Crippen LogP contribution in [0, 0.1) is 0 Å². The van der Waals surface area contributed by atoms with Crippen LogP contribution in [0.15, 0.2) is 30.6 Å². The second-order valence-electron chi connectivity index (χ2n) is 3.85. The molecule has 2 aromatic heterocycles. The van der Waals surface area contributed by atoms with Crippen LogP contribution in [0.4, 0.5) is 0 Å². The first-order valence-electron chi connectivity index (χ1n) is 5.71. The monoisotopic (exact) mass is 283 g/mol. The van der Waals surface area contributed by atoms with E-state index in [2.05, 4.69) is 4.98 Å². The molecule has 0 amide bonds. The van der Waals surface area contributed by atoms with Crippen molar-refractivity contribution in [2.45, 2.75) is 19.4 Å². The Kier molecular flexibility index (Phi) is 4.58. The summed E-state index contributed by atoms with van der Waals surface area (Å²) in [5.41, 5.74) is 0.710. The minimum Gasteiger partial charge on any atom is -0.492 e. The largest absolute Gasteiger partial charge is 0.492 e. The highest BCUT2D eigenvalue weighted by atomic mass is 35.5. The predicted octanol–water partition coefficient (Wildman–Crippen LogP) is 3.67. The van der Waals surface area contributed by atoms with Crippen LogP contribution in [0.3, 0.4) is 0 Å². The van der Waals surface area contributed by atoms with E-state index < -0.39 is 6.10 Å². The summed E-state index contributed by atoms with van der Waals surface area (Å²) in [4.78, 5) is 4.88. The van der Waals surface area contributed by atoms with E-state index in [1.807, 2.05) is 13.0 Å². The summed E-state index contributed by atoms with van der Waals surface area (Å²) in [6.45, 7) is 2.69. The summed E-state index contributed by atoms with van der Waals surface area (Å²) in [5.74, 6) is 0.677. The smallest absolute Gasteiger partial charge is 0.137 e. The average Bonchev–Trinajstić information content (AvgIpc) is 2.82. The Bertz CT molecular complexity index is 515. The standard InChI is InChI=1S/C13H14ClNO2S/c1-2-5-17-10-6-9(7-15-8-10)13(16)11-3-4-12(14)18-11/h3-4,6-8,13,16H,2,5H2,1H3. The van der Waals surface area contributed by atoms with Gasteiger partial charge in [0.15, 0.2) is 0 Å². The van der Waals surface area contributed by atoms with Crippen LogP contribution >= 0.6 is 22.9 Å². The van der Waals surface area contributed by atoms with E-state index in [0.717, 1.165) is 11.3 Å². The molecule has 2 rings (SSSR count). The summed E-state index contributed by atoms with van der Waals surface area (Å²) in [5, 5.41) is 10.2. The molecule has 0 aromatic carbocycles. The van der Waals surface area contributed by atoms with Gasteiger partial charge in [0.05, 0.1) is 17.1 Å². The Morgan fingerprint density at radius 3 is 2.94 bits per heavy atom. The van der Waals surface area contributed by atoms with Crippen LogP contribution < -0.4 is 4.74 Å². The van der Waals surface area contributed by atoms with Gasteiger partial charge >= 0.3 is 0 Å². The van der Waals surface area contributed by atoms with E-state index in [-0.39, 0.29) is 0 Å². The molecule has 1 atom stereocenters. The first-order chi connectivity index (χ1) is 8.70. The minimum absolute atomic E-state index is 0.645. The van der Waals surface area contributed by atoms with Crippen molar-refractivity contribution >= 4 is 22.9 Å². The fourth-order valence-corrected chi connectivity index (χ4v) is 2.60. The Hall–Kier alpha value is -1.10. The molecule has 0 spiro atoms. The highest BCUT2D eigenvalue weighted by Crippen LogP contribution is 2.31. The lowest BCUT2D eigenvalue weighted by Gasteiger charge is -2.10. The van der Waals surface area contributed by atoms with Gasteiger partial charge in [-0.15, -0.1) is 11.3 Å². The van der Waals surface area contributed by atoms with Crippen molar-refractivity contribution in [2.24, 2.45) is 0 Å². The third-order valence-electron chi connectivity index (χ3n) is 2.39. The first kappa shape index (κ1) is 13.3. The van der Waals surface area contributed by atoms with Crippen molar-refractivity contribution in [3.05, 3.63) is 45.4 Å². The van der Waals surface area contributed by atoms with Gasteiger partial charge in [-0.25, -0.2) is 0 Å². The summed E-state index contributed by atoms with van der Waals surface area (Å²) in [6.07, 6.45) is 3.51. The average molecular weight is 284 g/mol. The maximum absolute atomic E-state index is 10.2. The molecule has 3 nitrogen and oxygen atoms in total. The van der Waals surface area contributed by atoms with Crippen molar-refractivity contribution < 1.29 is 9.84 Å². The minimum atomic E-state index is -0.708. The molecule has 5 heteroatoms. The Morgan fingerprint density at radius 1 is 1.44 bits per heavy atom. The van der Waals surface area contributed by atoms with E-state index in [9.17, 15) is 5.11 Å². The summed E-state index contributed by atoms with van der Waals surface area (Å²) >= 11 is 7.22. The van der Waals surface area contributed by atoms with Crippen LogP contribution in [0.25, 0.3) is 0 Å². The molecule has 0 aliphatic heterocycles. The summed E-state index contributed by atoms with van der Waals surface area (Å²) in [7, 11) is 0. The van der Waals surface area contributed by atoms with Gasteiger partial charge in [0.25, 0.3) is 0 Å². The molecule has 2 heterocycles. The third-order valence-corrected chi connectivity index (χ3v) is 3.67. The fraction of sp³-hybridized carbons (Fsp3) is 0.308. The predicted molar refractivity (Wildman–Crippen MR) is 73.4 cm³/mol. The first-order valence-corrected chi connectivity index (χ1v) is 6.91. The molecule has 0 radical (unpaired) electrons. The quantitative estimate of drug-likeness (QED) is 0.910. The molecular formula is C13H14ClNO2S. The van der Waals surface area contributed by atoms with Gasteiger partial charge in [0.1, 0.15) is 11.9 Å². The molecule has 1 unspecified atom stereocenters.